The van der Waals surface area contributed by atoms with Crippen molar-refractivity contribution < 1.29 is 52.8 Å². The number of anilines is 2. The van der Waals surface area contributed by atoms with Gasteiger partial charge in [-0.25, -0.2) is 9.59 Å². The summed E-state index contributed by atoms with van der Waals surface area (Å²) in [6.45, 7) is 6.93. The van der Waals surface area contributed by atoms with Crippen LogP contribution in [0.3, 0.4) is 0 Å². The van der Waals surface area contributed by atoms with Crippen LogP contribution in [0.4, 0.5) is 21.0 Å². The summed E-state index contributed by atoms with van der Waals surface area (Å²) in [5, 5.41) is 17.6. The van der Waals surface area contributed by atoms with Gasteiger partial charge in [-0.1, -0.05) is 12.1 Å². The lowest BCUT2D eigenvalue weighted by atomic mass is 10.1. The van der Waals surface area contributed by atoms with Crippen molar-refractivity contribution in [1.82, 2.24) is 10.2 Å². The first-order chi connectivity index (χ1) is 23.2. The first-order valence-corrected chi connectivity index (χ1v) is 15.9. The molecule has 2 aromatic carbocycles. The van der Waals surface area contributed by atoms with E-state index in [0.717, 1.165) is 6.42 Å². The lowest BCUT2D eigenvalue weighted by Gasteiger charge is -2.25. The topological polar surface area (TPSA) is 191 Å². The molecule has 268 valence electrons. The molecule has 2 aromatic rings. The van der Waals surface area contributed by atoms with E-state index in [9.17, 15) is 29.1 Å². The number of aliphatic hydroxyl groups is 1. The lowest BCUT2D eigenvalue weighted by Crippen LogP contribution is -2.43. The van der Waals surface area contributed by atoms with E-state index in [1.165, 1.54) is 33.3 Å². The second-order valence-electron chi connectivity index (χ2n) is 12.3. The maximum absolute atomic E-state index is 13.6. The van der Waals surface area contributed by atoms with Gasteiger partial charge in [0.1, 0.15) is 18.2 Å². The van der Waals surface area contributed by atoms with Crippen LogP contribution in [0.25, 0.3) is 0 Å². The molecule has 15 heteroatoms. The average molecular weight is 687 g/mol. The summed E-state index contributed by atoms with van der Waals surface area (Å²) in [5.41, 5.74) is 0.587. The number of carbonyl (C=O) groups excluding carboxylic acids is 5. The summed E-state index contributed by atoms with van der Waals surface area (Å²) in [4.78, 5) is 64.1. The SMILES string of the molecule is COC(=O)CCCOc1cc(NC(=O)OCc2ccc(NC(=O)C(C)NC(=O)OC(C)(C)C)cc2)c(C(=O)N2CCCC2CO)cc1OC. The monoisotopic (exact) mass is 686 g/mol. The summed E-state index contributed by atoms with van der Waals surface area (Å²) in [6.07, 6.45) is 0.313. The molecule has 49 heavy (non-hydrogen) atoms. The fraction of sp³-hybridized carbons (Fsp3) is 0.500. The number of nitrogens with zero attached hydrogens (tertiary/aromatic N) is 1. The third-order valence-corrected chi connectivity index (χ3v) is 7.35. The standard InChI is InChI=1S/C34H46N4O11/c1-21(35-33(44)49-34(2,3)4)30(41)36-23-13-11-22(12-14-23)20-48-32(43)37-26-18-28(47-16-8-10-29(40)46-6)27(45-5)17-25(26)31(42)38-15-7-9-24(38)19-39/h11-14,17-18,21,24,39H,7-10,15-16,19-20H2,1-6H3,(H,35,44)(H,36,41)(H,37,43). The Morgan fingerprint density at radius 1 is 1.00 bits per heavy atom. The van der Waals surface area contributed by atoms with Crippen molar-refractivity contribution in [3.8, 4) is 11.5 Å². The highest BCUT2D eigenvalue weighted by molar-refractivity contribution is 6.04. The highest BCUT2D eigenvalue weighted by Gasteiger charge is 2.31. The van der Waals surface area contributed by atoms with E-state index in [-0.39, 0.29) is 61.0 Å². The fourth-order valence-electron chi connectivity index (χ4n) is 4.84. The number of hydrogen-bond donors (Lipinski definition) is 4. The molecular formula is C34H46N4O11. The molecule has 0 aromatic heterocycles. The lowest BCUT2D eigenvalue weighted by molar-refractivity contribution is -0.140. The van der Waals surface area contributed by atoms with Gasteiger partial charge in [0, 0.05) is 24.7 Å². The van der Waals surface area contributed by atoms with Gasteiger partial charge in [0.25, 0.3) is 5.91 Å². The molecule has 0 saturated carbocycles. The van der Waals surface area contributed by atoms with Crippen molar-refractivity contribution in [2.45, 2.75) is 77.7 Å². The third-order valence-electron chi connectivity index (χ3n) is 7.35. The molecule has 1 aliphatic rings. The van der Waals surface area contributed by atoms with E-state index in [1.54, 1.807) is 49.9 Å². The van der Waals surface area contributed by atoms with Crippen LogP contribution in [-0.4, -0.2) is 91.6 Å². The van der Waals surface area contributed by atoms with E-state index in [1.807, 2.05) is 0 Å². The van der Waals surface area contributed by atoms with E-state index in [4.69, 9.17) is 18.9 Å². The molecule has 1 heterocycles. The van der Waals surface area contributed by atoms with E-state index in [0.29, 0.717) is 30.6 Å². The van der Waals surface area contributed by atoms with Gasteiger partial charge in [-0.3, -0.25) is 19.7 Å². The minimum absolute atomic E-state index is 0.106. The van der Waals surface area contributed by atoms with Crippen molar-refractivity contribution in [2.24, 2.45) is 0 Å². The maximum atomic E-state index is 13.6. The Morgan fingerprint density at radius 3 is 2.35 bits per heavy atom. The highest BCUT2D eigenvalue weighted by Crippen LogP contribution is 2.36. The summed E-state index contributed by atoms with van der Waals surface area (Å²) in [7, 11) is 2.71. The van der Waals surface area contributed by atoms with Crippen LogP contribution < -0.4 is 25.4 Å². The molecule has 1 fully saturated rings. The van der Waals surface area contributed by atoms with Gasteiger partial charge in [0.15, 0.2) is 11.5 Å². The Bertz CT molecular complexity index is 1470. The molecule has 0 spiro atoms. The van der Waals surface area contributed by atoms with Crippen molar-refractivity contribution in [3.05, 3.63) is 47.5 Å². The zero-order chi connectivity index (χ0) is 36.1. The number of likely N-dealkylation sites (tertiary alicyclic amines) is 1. The zero-order valence-electron chi connectivity index (χ0n) is 28.8. The van der Waals surface area contributed by atoms with Crippen LogP contribution in [0.1, 0.15) is 69.3 Å². The molecule has 4 amide bonds. The highest BCUT2D eigenvalue weighted by atomic mass is 16.6. The molecule has 15 nitrogen and oxygen atoms in total. The van der Waals surface area contributed by atoms with Gasteiger partial charge >= 0.3 is 18.2 Å². The van der Waals surface area contributed by atoms with Gasteiger partial charge in [0.2, 0.25) is 5.91 Å². The van der Waals surface area contributed by atoms with Gasteiger partial charge in [-0.15, -0.1) is 0 Å². The first kappa shape index (κ1) is 38.4. The first-order valence-electron chi connectivity index (χ1n) is 15.9. The van der Waals surface area contributed by atoms with Crippen LogP contribution in [0.15, 0.2) is 36.4 Å². The maximum Gasteiger partial charge on any atom is 0.411 e. The summed E-state index contributed by atoms with van der Waals surface area (Å²) in [5.74, 6) is -0.775. The number of nitrogens with one attached hydrogen (secondary N) is 3. The van der Waals surface area contributed by atoms with Gasteiger partial charge in [-0.05, 0) is 70.7 Å². The smallest absolute Gasteiger partial charge is 0.411 e. The number of alkyl carbamates (subject to hydrolysis) is 1. The van der Waals surface area contributed by atoms with Crippen LogP contribution in [0.2, 0.25) is 0 Å². The average Bonchev–Trinajstić information content (AvgIpc) is 3.54. The fourth-order valence-corrected chi connectivity index (χ4v) is 4.84. The molecule has 4 N–H and O–H groups in total. The Kier molecular flexibility index (Phi) is 14.0. The van der Waals surface area contributed by atoms with Crippen molar-refractivity contribution in [1.29, 1.82) is 0 Å². The predicted molar refractivity (Wildman–Crippen MR) is 179 cm³/mol. The van der Waals surface area contributed by atoms with Crippen LogP contribution in [0, 0.1) is 0 Å². The summed E-state index contributed by atoms with van der Waals surface area (Å²) < 4.78 is 26.5. The Labute approximate surface area is 285 Å². The Morgan fingerprint density at radius 2 is 1.71 bits per heavy atom. The summed E-state index contributed by atoms with van der Waals surface area (Å²) >= 11 is 0. The number of aliphatic hydroxyl groups excluding tert-OH is 1. The molecule has 2 atom stereocenters. The molecule has 0 bridgehead atoms. The molecule has 1 aliphatic heterocycles. The predicted octanol–water partition coefficient (Wildman–Crippen LogP) is 4.22. The number of rotatable bonds is 14. The molecule has 0 radical (unpaired) electrons. The molecule has 1 saturated heterocycles. The van der Waals surface area contributed by atoms with Gasteiger partial charge in [-0.2, -0.15) is 0 Å². The van der Waals surface area contributed by atoms with Crippen molar-refractivity contribution >= 4 is 41.3 Å². The van der Waals surface area contributed by atoms with E-state index < -0.39 is 35.6 Å². The van der Waals surface area contributed by atoms with E-state index >= 15 is 0 Å². The van der Waals surface area contributed by atoms with Crippen LogP contribution in [-0.2, 0) is 30.4 Å². The van der Waals surface area contributed by atoms with E-state index in [2.05, 4.69) is 20.7 Å². The molecular weight excluding hydrogens is 640 g/mol. The zero-order valence-corrected chi connectivity index (χ0v) is 28.8. The molecule has 0 aliphatic carbocycles. The molecule has 2 unspecified atom stereocenters. The van der Waals surface area contributed by atoms with Crippen LogP contribution >= 0.6 is 0 Å². The van der Waals surface area contributed by atoms with Crippen LogP contribution in [0.5, 0.6) is 11.5 Å². The summed E-state index contributed by atoms with van der Waals surface area (Å²) in [6, 6.07) is 8.23. The minimum atomic E-state index is -0.859. The van der Waals surface area contributed by atoms with Gasteiger partial charge in [0.05, 0.1) is 44.7 Å². The Hall–Kier alpha value is -5.05. The second-order valence-corrected chi connectivity index (χ2v) is 12.3. The minimum Gasteiger partial charge on any atom is -0.493 e. The normalized spacial score (nSPS) is 14.7. The second kappa shape index (κ2) is 17.9. The quantitative estimate of drug-likeness (QED) is 0.126. The number of esters is 1. The largest absolute Gasteiger partial charge is 0.493 e. The van der Waals surface area contributed by atoms with Crippen molar-refractivity contribution in [3.63, 3.8) is 0 Å². The Balaban J connectivity index is 1.67. The number of benzene rings is 2. The number of methoxy groups -OCH3 is 2. The number of ether oxygens (including phenoxy) is 5. The van der Waals surface area contributed by atoms with Gasteiger partial charge < -0.3 is 44.3 Å². The number of carbonyl (C=O) groups is 5. The third kappa shape index (κ3) is 11.9. The molecule has 3 rings (SSSR count). The number of hydrogen-bond acceptors (Lipinski definition) is 11. The number of amides is 4. The van der Waals surface area contributed by atoms with Crippen molar-refractivity contribution in [2.75, 3.05) is 44.6 Å².